The molecule has 0 aliphatic heterocycles. The van der Waals surface area contributed by atoms with Crippen LogP contribution in [-0.4, -0.2) is 50.9 Å². The Morgan fingerprint density at radius 3 is 2.11 bits per heavy atom. The van der Waals surface area contributed by atoms with Crippen molar-refractivity contribution in [3.63, 3.8) is 0 Å². The van der Waals surface area contributed by atoms with Crippen LogP contribution < -0.4 is 14.4 Å². The van der Waals surface area contributed by atoms with Crippen LogP contribution in [0, 0.1) is 5.82 Å². The third kappa shape index (κ3) is 8.61. The number of hydrogen-bond donors (Lipinski definition) is 1. The number of nitrogens with one attached hydrogen (secondary N) is 1. The summed E-state index contributed by atoms with van der Waals surface area (Å²) in [5, 5.41) is 3.25. The maximum Gasteiger partial charge on any atom is 0.264 e. The topological polar surface area (TPSA) is 96.0 Å². The van der Waals surface area contributed by atoms with Crippen LogP contribution in [0.4, 0.5) is 10.1 Å². The van der Waals surface area contributed by atoms with Crippen LogP contribution in [0.15, 0.2) is 108 Å². The molecule has 0 aliphatic rings. The Balaban J connectivity index is 1.81. The lowest BCUT2D eigenvalue weighted by molar-refractivity contribution is -0.140. The van der Waals surface area contributed by atoms with E-state index in [2.05, 4.69) is 5.32 Å². The highest BCUT2D eigenvalue weighted by atomic mass is 35.5. The van der Waals surface area contributed by atoms with Crippen molar-refractivity contribution < 1.29 is 27.1 Å². The number of nitrogens with zero attached hydrogens (tertiary/aromatic N) is 2. The van der Waals surface area contributed by atoms with E-state index in [9.17, 15) is 22.4 Å². The number of halogens is 2. The van der Waals surface area contributed by atoms with Gasteiger partial charge in [0.1, 0.15) is 24.2 Å². The van der Waals surface area contributed by atoms with E-state index in [4.69, 9.17) is 16.3 Å². The molecule has 4 aromatic carbocycles. The number of carbonyl (C=O) groups excluding carboxylic acids is 2. The summed E-state index contributed by atoms with van der Waals surface area (Å²) in [5.74, 6) is -1.25. The van der Waals surface area contributed by atoms with E-state index in [-0.39, 0.29) is 35.2 Å². The molecule has 236 valence electrons. The van der Waals surface area contributed by atoms with Gasteiger partial charge in [-0.15, -0.1) is 0 Å². The highest BCUT2D eigenvalue weighted by Gasteiger charge is 2.35. The van der Waals surface area contributed by atoms with Crippen molar-refractivity contribution in [3.05, 3.63) is 125 Å². The summed E-state index contributed by atoms with van der Waals surface area (Å²) in [7, 11) is -2.85. The first kappa shape index (κ1) is 33.5. The van der Waals surface area contributed by atoms with Crippen LogP contribution in [0.5, 0.6) is 5.75 Å². The second-order valence-electron chi connectivity index (χ2n) is 10.6. The quantitative estimate of drug-likeness (QED) is 0.196. The van der Waals surface area contributed by atoms with E-state index < -0.39 is 40.2 Å². The molecule has 0 saturated carbocycles. The molecule has 0 radical (unpaired) electrons. The summed E-state index contributed by atoms with van der Waals surface area (Å²) in [6.07, 6.45) is 0.117. The Morgan fingerprint density at radius 1 is 0.889 bits per heavy atom. The van der Waals surface area contributed by atoms with Crippen molar-refractivity contribution in [1.82, 2.24) is 10.2 Å². The Hall–Kier alpha value is -4.41. The number of ether oxygens (including phenoxy) is 1. The third-order valence-electron chi connectivity index (χ3n) is 7.04. The molecule has 0 fully saturated rings. The van der Waals surface area contributed by atoms with Crippen molar-refractivity contribution in [2.45, 2.75) is 43.8 Å². The average molecular weight is 652 g/mol. The molecule has 0 saturated heterocycles. The lowest BCUT2D eigenvalue weighted by Crippen LogP contribution is -2.54. The van der Waals surface area contributed by atoms with E-state index >= 15 is 0 Å². The van der Waals surface area contributed by atoms with Gasteiger partial charge in [-0.2, -0.15) is 0 Å². The summed E-state index contributed by atoms with van der Waals surface area (Å²) in [5.41, 5.74) is 1.13. The number of amides is 2. The van der Waals surface area contributed by atoms with Gasteiger partial charge in [0.2, 0.25) is 11.8 Å². The predicted molar refractivity (Wildman–Crippen MR) is 173 cm³/mol. The van der Waals surface area contributed by atoms with Gasteiger partial charge in [-0.05, 0) is 74.0 Å². The minimum atomic E-state index is -4.31. The zero-order valence-corrected chi connectivity index (χ0v) is 26.8. The Morgan fingerprint density at radius 2 is 1.51 bits per heavy atom. The van der Waals surface area contributed by atoms with Crippen molar-refractivity contribution in [2.75, 3.05) is 18.0 Å². The summed E-state index contributed by atoms with van der Waals surface area (Å²) < 4.78 is 49.3. The molecule has 1 atom stereocenters. The number of sulfonamides is 1. The first-order chi connectivity index (χ1) is 21.5. The van der Waals surface area contributed by atoms with E-state index in [0.717, 1.165) is 9.87 Å². The highest BCUT2D eigenvalue weighted by Crippen LogP contribution is 2.27. The molecular weight excluding hydrogens is 617 g/mol. The number of methoxy groups -OCH3 is 1. The Bertz CT molecular complexity index is 1700. The molecule has 0 unspecified atom stereocenters. The SMILES string of the molecule is COc1ccc(S(=O)(=O)N(CC(=O)N(Cc2ccccc2F)[C@H](Cc2ccccc2)C(=O)NC(C)C)c2ccc(Cl)cc2)cc1. The molecule has 0 aliphatic carbocycles. The number of rotatable bonds is 13. The van der Waals surface area contributed by atoms with Crippen LogP contribution in [0.25, 0.3) is 0 Å². The minimum Gasteiger partial charge on any atom is -0.497 e. The smallest absolute Gasteiger partial charge is 0.264 e. The molecular formula is C34H35ClFN3O5S. The van der Waals surface area contributed by atoms with Crippen molar-refractivity contribution in [2.24, 2.45) is 0 Å². The van der Waals surface area contributed by atoms with Gasteiger partial charge in [-0.25, -0.2) is 12.8 Å². The third-order valence-corrected chi connectivity index (χ3v) is 9.08. The standard InChI is InChI=1S/C34H35ClFN3O5S/c1-24(2)37-34(41)32(21-25-9-5-4-6-10-25)38(22-26-11-7-8-12-31(26)36)33(40)23-39(28-15-13-27(35)14-16-28)45(42,43)30-19-17-29(44-3)18-20-30/h4-20,24,32H,21-23H2,1-3H3,(H,37,41)/t32-/m1/s1. The first-order valence-corrected chi connectivity index (χ1v) is 16.1. The number of carbonyl (C=O) groups is 2. The van der Waals surface area contributed by atoms with Crippen LogP contribution in [0.2, 0.25) is 5.02 Å². The molecule has 1 N–H and O–H groups in total. The fourth-order valence-electron chi connectivity index (χ4n) is 4.76. The Labute approximate surface area is 268 Å². The lowest BCUT2D eigenvalue weighted by atomic mass is 10.0. The van der Waals surface area contributed by atoms with Crippen LogP contribution in [0.1, 0.15) is 25.0 Å². The van der Waals surface area contributed by atoms with Gasteiger partial charge >= 0.3 is 0 Å². The minimum absolute atomic E-state index is 0.0786. The highest BCUT2D eigenvalue weighted by molar-refractivity contribution is 7.92. The zero-order valence-electron chi connectivity index (χ0n) is 25.2. The van der Waals surface area contributed by atoms with Crippen molar-refractivity contribution >= 4 is 39.1 Å². The van der Waals surface area contributed by atoms with Gasteiger partial charge in [0.15, 0.2) is 0 Å². The molecule has 4 rings (SSSR count). The fourth-order valence-corrected chi connectivity index (χ4v) is 6.30. The van der Waals surface area contributed by atoms with Gasteiger partial charge in [0.05, 0.1) is 17.7 Å². The first-order valence-electron chi connectivity index (χ1n) is 14.3. The molecule has 0 aromatic heterocycles. The molecule has 45 heavy (non-hydrogen) atoms. The van der Waals surface area contributed by atoms with Crippen molar-refractivity contribution in [1.29, 1.82) is 0 Å². The van der Waals surface area contributed by atoms with Crippen LogP contribution >= 0.6 is 11.6 Å². The summed E-state index contributed by atoms with van der Waals surface area (Å²) in [6.45, 7) is 2.64. The predicted octanol–water partition coefficient (Wildman–Crippen LogP) is 5.85. The molecule has 2 amide bonds. The van der Waals surface area contributed by atoms with E-state index in [1.165, 1.54) is 78.7 Å². The van der Waals surface area contributed by atoms with E-state index in [0.29, 0.717) is 10.8 Å². The van der Waals surface area contributed by atoms with Gasteiger partial charge in [-0.3, -0.25) is 13.9 Å². The lowest BCUT2D eigenvalue weighted by Gasteiger charge is -2.34. The van der Waals surface area contributed by atoms with E-state index in [1.807, 2.05) is 30.3 Å². The second-order valence-corrected chi connectivity index (χ2v) is 12.9. The monoisotopic (exact) mass is 651 g/mol. The summed E-state index contributed by atoms with van der Waals surface area (Å²) >= 11 is 6.10. The van der Waals surface area contributed by atoms with E-state index in [1.54, 1.807) is 19.9 Å². The number of anilines is 1. The fraction of sp³-hybridized carbons (Fsp3) is 0.235. The maximum atomic E-state index is 15.0. The number of benzene rings is 4. The molecule has 11 heteroatoms. The van der Waals surface area contributed by atoms with Crippen LogP contribution in [0.3, 0.4) is 0 Å². The molecule has 4 aromatic rings. The van der Waals surface area contributed by atoms with Crippen molar-refractivity contribution in [3.8, 4) is 5.75 Å². The molecule has 8 nitrogen and oxygen atoms in total. The largest absolute Gasteiger partial charge is 0.497 e. The van der Waals surface area contributed by atoms with Gasteiger partial charge in [0, 0.05) is 29.6 Å². The van der Waals surface area contributed by atoms with Gasteiger partial charge < -0.3 is 15.0 Å². The molecule has 0 heterocycles. The Kier molecular flexibility index (Phi) is 11.2. The second kappa shape index (κ2) is 15.0. The summed E-state index contributed by atoms with van der Waals surface area (Å²) in [4.78, 5) is 29.2. The van der Waals surface area contributed by atoms with Gasteiger partial charge in [-0.1, -0.05) is 60.1 Å². The normalized spacial score (nSPS) is 12.0. The van der Waals surface area contributed by atoms with Gasteiger partial charge in [0.25, 0.3) is 10.0 Å². The summed E-state index contributed by atoms with van der Waals surface area (Å²) in [6, 6.07) is 25.6. The molecule has 0 spiro atoms. The zero-order chi connectivity index (χ0) is 32.6. The average Bonchev–Trinajstić information content (AvgIpc) is 3.03. The molecule has 0 bridgehead atoms. The maximum absolute atomic E-state index is 15.0. The van der Waals surface area contributed by atoms with Crippen LogP contribution in [-0.2, 0) is 32.6 Å². The number of hydrogen-bond acceptors (Lipinski definition) is 5.